The Balaban J connectivity index is 1.76. The molecular weight excluding hydrogens is 282 g/mol. The smallest absolute Gasteiger partial charge is 0.254 e. The first kappa shape index (κ1) is 14.8. The van der Waals surface area contributed by atoms with Gasteiger partial charge in [0, 0.05) is 31.5 Å². The van der Waals surface area contributed by atoms with Gasteiger partial charge in [-0.25, -0.2) is 0 Å². The molecule has 2 aromatic rings. The molecular formula is C15H21N5O2. The van der Waals surface area contributed by atoms with E-state index in [9.17, 15) is 9.90 Å². The summed E-state index contributed by atoms with van der Waals surface area (Å²) in [5.74, 6) is 0.0966. The summed E-state index contributed by atoms with van der Waals surface area (Å²) >= 11 is 0. The van der Waals surface area contributed by atoms with E-state index in [4.69, 9.17) is 0 Å². The molecule has 1 aliphatic carbocycles. The summed E-state index contributed by atoms with van der Waals surface area (Å²) in [7, 11) is 1.85. The zero-order valence-electron chi connectivity index (χ0n) is 12.8. The normalized spacial score (nSPS) is 22.1. The minimum atomic E-state index is -0.260. The highest BCUT2D eigenvalue weighted by Gasteiger charge is 2.36. The van der Waals surface area contributed by atoms with E-state index in [0.29, 0.717) is 18.4 Å². The van der Waals surface area contributed by atoms with Crippen molar-refractivity contribution >= 4 is 5.91 Å². The number of aliphatic hydroxyl groups excluding tert-OH is 1. The van der Waals surface area contributed by atoms with Crippen molar-refractivity contribution in [2.45, 2.75) is 38.5 Å². The monoisotopic (exact) mass is 303 g/mol. The number of hydrogen-bond acceptors (Lipinski definition) is 4. The number of hydrogen-bond donors (Lipinski definition) is 2. The topological polar surface area (TPSA) is 85.0 Å². The highest BCUT2D eigenvalue weighted by molar-refractivity contribution is 5.94. The van der Waals surface area contributed by atoms with Gasteiger partial charge in [0.25, 0.3) is 5.91 Å². The molecule has 0 aromatic carbocycles. The van der Waals surface area contributed by atoms with Crippen molar-refractivity contribution in [3.8, 4) is 0 Å². The van der Waals surface area contributed by atoms with Crippen molar-refractivity contribution in [2.24, 2.45) is 13.0 Å². The fourth-order valence-electron chi connectivity index (χ4n) is 2.85. The first-order valence-corrected chi connectivity index (χ1v) is 7.56. The van der Waals surface area contributed by atoms with Crippen LogP contribution in [0, 0.1) is 5.92 Å². The van der Waals surface area contributed by atoms with Crippen LogP contribution in [-0.4, -0.2) is 36.7 Å². The second-order valence-electron chi connectivity index (χ2n) is 5.87. The molecule has 118 valence electrons. The predicted molar refractivity (Wildman–Crippen MR) is 80.0 cm³/mol. The van der Waals surface area contributed by atoms with E-state index in [0.717, 1.165) is 12.1 Å². The Labute approximate surface area is 128 Å². The molecule has 0 aliphatic heterocycles. The van der Waals surface area contributed by atoms with Crippen molar-refractivity contribution in [3.05, 3.63) is 35.9 Å². The van der Waals surface area contributed by atoms with Crippen LogP contribution in [0.5, 0.6) is 0 Å². The molecule has 0 saturated heterocycles. The summed E-state index contributed by atoms with van der Waals surface area (Å²) in [5, 5.41) is 20.9. The first-order chi connectivity index (χ1) is 10.6. The number of rotatable bonds is 5. The first-order valence-electron chi connectivity index (χ1n) is 7.56. The quantitative estimate of drug-likeness (QED) is 0.858. The lowest BCUT2D eigenvalue weighted by atomic mass is 9.75. The molecule has 1 saturated carbocycles. The van der Waals surface area contributed by atoms with Crippen LogP contribution in [0.3, 0.4) is 0 Å². The highest BCUT2D eigenvalue weighted by Crippen LogP contribution is 2.38. The van der Waals surface area contributed by atoms with Gasteiger partial charge in [0.2, 0.25) is 0 Å². The lowest BCUT2D eigenvalue weighted by molar-refractivity contribution is 0.0235. The number of aliphatic hydroxyl groups is 1. The van der Waals surface area contributed by atoms with Crippen molar-refractivity contribution in [1.29, 1.82) is 0 Å². The van der Waals surface area contributed by atoms with Crippen molar-refractivity contribution < 1.29 is 9.90 Å². The molecule has 0 unspecified atom stereocenters. The van der Waals surface area contributed by atoms with E-state index in [1.165, 1.54) is 0 Å². The van der Waals surface area contributed by atoms with Gasteiger partial charge < -0.3 is 10.4 Å². The van der Waals surface area contributed by atoms with Crippen LogP contribution in [0.4, 0.5) is 0 Å². The number of carbonyl (C=O) groups excluding carboxylic acids is 1. The maximum absolute atomic E-state index is 12.4. The molecule has 0 bridgehead atoms. The van der Waals surface area contributed by atoms with E-state index in [-0.39, 0.29) is 24.0 Å². The fourth-order valence-corrected chi connectivity index (χ4v) is 2.85. The van der Waals surface area contributed by atoms with Crippen molar-refractivity contribution in [3.63, 3.8) is 0 Å². The third-order valence-corrected chi connectivity index (χ3v) is 4.21. The number of aryl methyl sites for hydroxylation is 2. The molecule has 1 amide bonds. The van der Waals surface area contributed by atoms with Gasteiger partial charge in [-0.2, -0.15) is 10.2 Å². The third kappa shape index (κ3) is 2.89. The van der Waals surface area contributed by atoms with Crippen LogP contribution in [0.1, 0.15) is 41.7 Å². The summed E-state index contributed by atoms with van der Waals surface area (Å²) in [5.41, 5.74) is 1.52. The summed E-state index contributed by atoms with van der Waals surface area (Å²) in [6, 6.07) is -0.130. The van der Waals surface area contributed by atoms with Crippen molar-refractivity contribution in [2.75, 3.05) is 0 Å². The second kappa shape index (κ2) is 5.92. The Bertz CT molecular complexity index is 656. The molecule has 2 N–H and O–H groups in total. The van der Waals surface area contributed by atoms with Crippen LogP contribution >= 0.6 is 0 Å². The lowest BCUT2D eigenvalue weighted by Crippen LogP contribution is -2.41. The van der Waals surface area contributed by atoms with Crippen LogP contribution in [0.2, 0.25) is 0 Å². The van der Waals surface area contributed by atoms with Crippen molar-refractivity contribution in [1.82, 2.24) is 24.9 Å². The highest BCUT2D eigenvalue weighted by atomic mass is 16.3. The molecule has 22 heavy (non-hydrogen) atoms. The molecule has 7 heteroatoms. The summed E-state index contributed by atoms with van der Waals surface area (Å²) in [4.78, 5) is 12.4. The Hall–Kier alpha value is -2.15. The van der Waals surface area contributed by atoms with E-state index < -0.39 is 0 Å². The van der Waals surface area contributed by atoms with E-state index in [1.807, 2.05) is 20.2 Å². The summed E-state index contributed by atoms with van der Waals surface area (Å²) < 4.78 is 3.44. The zero-order valence-corrected chi connectivity index (χ0v) is 12.8. The van der Waals surface area contributed by atoms with Gasteiger partial charge in [-0.05, 0) is 25.7 Å². The number of carbonyl (C=O) groups is 1. The Morgan fingerprint density at radius 2 is 2.18 bits per heavy atom. The van der Waals surface area contributed by atoms with Gasteiger partial charge >= 0.3 is 0 Å². The number of amides is 1. The second-order valence-corrected chi connectivity index (χ2v) is 5.87. The minimum Gasteiger partial charge on any atom is -0.393 e. The molecule has 2 heterocycles. The predicted octanol–water partition coefficient (Wildman–Crippen LogP) is 0.878. The molecule has 0 spiro atoms. The molecule has 3 rings (SSSR count). The average Bonchev–Trinajstić information content (AvgIpc) is 3.10. The molecule has 1 aliphatic rings. The fraction of sp³-hybridized carbons (Fsp3) is 0.533. The van der Waals surface area contributed by atoms with Gasteiger partial charge in [0.15, 0.2) is 0 Å². The van der Waals surface area contributed by atoms with Crippen LogP contribution in [0.15, 0.2) is 24.8 Å². The Morgan fingerprint density at radius 1 is 1.41 bits per heavy atom. The van der Waals surface area contributed by atoms with Crippen LogP contribution in [0.25, 0.3) is 0 Å². The van der Waals surface area contributed by atoms with Crippen LogP contribution in [-0.2, 0) is 13.6 Å². The number of nitrogens with one attached hydrogen (secondary N) is 1. The number of nitrogens with zero attached hydrogens (tertiary/aromatic N) is 4. The third-order valence-electron chi connectivity index (χ3n) is 4.21. The van der Waals surface area contributed by atoms with E-state index in [1.54, 1.807) is 28.0 Å². The maximum Gasteiger partial charge on any atom is 0.254 e. The van der Waals surface area contributed by atoms with Gasteiger partial charge in [-0.1, -0.05) is 0 Å². The SMILES string of the molecule is CCn1cc(C(=O)N[C@H](c2cnn(C)c2)C2CC(O)C2)cn1. The Morgan fingerprint density at radius 3 is 2.73 bits per heavy atom. The largest absolute Gasteiger partial charge is 0.393 e. The number of aromatic nitrogens is 4. The maximum atomic E-state index is 12.4. The summed E-state index contributed by atoms with van der Waals surface area (Å²) in [6.45, 7) is 2.71. The van der Waals surface area contributed by atoms with Gasteiger partial charge in [-0.3, -0.25) is 14.2 Å². The molecule has 2 aromatic heterocycles. The summed E-state index contributed by atoms with van der Waals surface area (Å²) in [6.07, 6.45) is 8.14. The molecule has 7 nitrogen and oxygen atoms in total. The van der Waals surface area contributed by atoms with E-state index in [2.05, 4.69) is 15.5 Å². The lowest BCUT2D eigenvalue weighted by Gasteiger charge is -2.37. The standard InChI is InChI=1S/C15H21N5O2/c1-3-20-9-12(7-17-20)15(22)18-14(10-4-13(21)5-10)11-6-16-19(2)8-11/h6-10,13-14,21H,3-5H2,1-2H3,(H,18,22)/t10?,13?,14-/m0/s1. The van der Waals surface area contributed by atoms with E-state index >= 15 is 0 Å². The molecule has 1 atom stereocenters. The average molecular weight is 303 g/mol. The van der Waals surface area contributed by atoms with Crippen LogP contribution < -0.4 is 5.32 Å². The molecule has 0 radical (unpaired) electrons. The van der Waals surface area contributed by atoms with Gasteiger partial charge in [0.1, 0.15) is 0 Å². The zero-order chi connectivity index (χ0) is 15.7. The van der Waals surface area contributed by atoms with Gasteiger partial charge in [0.05, 0.1) is 30.1 Å². The minimum absolute atomic E-state index is 0.130. The molecule has 1 fully saturated rings. The van der Waals surface area contributed by atoms with Gasteiger partial charge in [-0.15, -0.1) is 0 Å². The Kier molecular flexibility index (Phi) is 3.98.